The third kappa shape index (κ3) is 3.44. The highest BCUT2D eigenvalue weighted by molar-refractivity contribution is 7.97. The summed E-state index contributed by atoms with van der Waals surface area (Å²) in [6.07, 6.45) is 4.46. The molecule has 1 fully saturated rings. The van der Waals surface area contributed by atoms with Crippen molar-refractivity contribution in [3.8, 4) is 0 Å². The third-order valence-corrected chi connectivity index (χ3v) is 4.34. The minimum Gasteiger partial charge on any atom is -0.290 e. The highest BCUT2D eigenvalue weighted by atomic mass is 32.2. The third-order valence-electron chi connectivity index (χ3n) is 1.91. The molecule has 2 heteroatoms. The molecule has 0 atom stereocenters. The van der Waals surface area contributed by atoms with Gasteiger partial charge in [0.05, 0.1) is 0 Å². The SMILES string of the molecule is CC(C)=CC(=O)C[S+]1CCCC1. The van der Waals surface area contributed by atoms with Gasteiger partial charge in [-0.05, 0) is 43.7 Å². The molecule has 68 valence electrons. The molecule has 12 heavy (non-hydrogen) atoms. The van der Waals surface area contributed by atoms with E-state index in [0.717, 1.165) is 11.3 Å². The first-order chi connectivity index (χ1) is 5.68. The molecule has 1 aliphatic heterocycles. The van der Waals surface area contributed by atoms with Crippen LogP contribution in [0, 0.1) is 0 Å². The van der Waals surface area contributed by atoms with Crippen LogP contribution in [-0.4, -0.2) is 23.0 Å². The fourth-order valence-corrected chi connectivity index (χ4v) is 3.63. The predicted octanol–water partition coefficient (Wildman–Crippen LogP) is 1.93. The van der Waals surface area contributed by atoms with E-state index >= 15 is 0 Å². The van der Waals surface area contributed by atoms with E-state index in [4.69, 9.17) is 0 Å². The van der Waals surface area contributed by atoms with Gasteiger partial charge in [0.2, 0.25) is 5.78 Å². The Kier molecular flexibility index (Phi) is 3.86. The van der Waals surface area contributed by atoms with E-state index in [0.29, 0.717) is 16.7 Å². The molecule has 0 N–H and O–H groups in total. The zero-order valence-electron chi connectivity index (χ0n) is 7.93. The van der Waals surface area contributed by atoms with E-state index in [1.54, 1.807) is 6.08 Å². The second-order valence-corrected chi connectivity index (χ2v) is 5.89. The van der Waals surface area contributed by atoms with Gasteiger partial charge in [-0.15, -0.1) is 0 Å². The summed E-state index contributed by atoms with van der Waals surface area (Å²) in [6.45, 7) is 3.96. The molecule has 0 saturated carbocycles. The first-order valence-electron chi connectivity index (χ1n) is 4.50. The number of allylic oxidation sites excluding steroid dienone is 2. The summed E-state index contributed by atoms with van der Waals surface area (Å²) in [7, 11) is 0.432. The van der Waals surface area contributed by atoms with E-state index in [9.17, 15) is 4.79 Å². The first-order valence-corrected chi connectivity index (χ1v) is 6.23. The van der Waals surface area contributed by atoms with Crippen molar-refractivity contribution in [3.05, 3.63) is 11.6 Å². The lowest BCUT2D eigenvalue weighted by atomic mass is 10.3. The molecule has 1 nitrogen and oxygen atoms in total. The molecule has 0 unspecified atom stereocenters. The Balaban J connectivity index is 2.30. The standard InChI is InChI=1S/C10H17OS/c1-9(2)7-10(11)8-12-5-3-4-6-12/h7H,3-6,8H2,1-2H3/q+1. The van der Waals surface area contributed by atoms with E-state index in [1.807, 2.05) is 13.8 Å². The smallest absolute Gasteiger partial charge is 0.204 e. The van der Waals surface area contributed by atoms with E-state index < -0.39 is 0 Å². The zero-order valence-corrected chi connectivity index (χ0v) is 8.75. The minimum atomic E-state index is 0.334. The van der Waals surface area contributed by atoms with E-state index in [1.165, 1.54) is 24.3 Å². The number of hydrogen-bond acceptors (Lipinski definition) is 1. The van der Waals surface area contributed by atoms with Crippen LogP contribution in [-0.2, 0) is 15.7 Å². The van der Waals surface area contributed by atoms with Crippen molar-refractivity contribution in [2.24, 2.45) is 0 Å². The zero-order chi connectivity index (χ0) is 8.97. The molecule has 1 rings (SSSR count). The molecule has 0 aromatic carbocycles. The molecule has 0 aromatic rings. The lowest BCUT2D eigenvalue weighted by Gasteiger charge is -1.96. The highest BCUT2D eigenvalue weighted by Crippen LogP contribution is 2.13. The Bertz CT molecular complexity index is 186. The Hall–Kier alpha value is -0.240. The lowest BCUT2D eigenvalue weighted by molar-refractivity contribution is -0.112. The van der Waals surface area contributed by atoms with E-state index in [-0.39, 0.29) is 0 Å². The van der Waals surface area contributed by atoms with Gasteiger partial charge in [0.1, 0.15) is 11.5 Å². The molecule has 0 amide bonds. The second-order valence-electron chi connectivity index (χ2n) is 3.56. The fourth-order valence-electron chi connectivity index (χ4n) is 1.42. The molecule has 0 aliphatic carbocycles. The number of carbonyl (C=O) groups is 1. The molecule has 0 aromatic heterocycles. The van der Waals surface area contributed by atoms with Gasteiger partial charge in [0.25, 0.3) is 0 Å². The molecular formula is C10H17OS+. The van der Waals surface area contributed by atoms with Gasteiger partial charge in [0, 0.05) is 0 Å². The van der Waals surface area contributed by atoms with Crippen molar-refractivity contribution in [1.82, 2.24) is 0 Å². The highest BCUT2D eigenvalue weighted by Gasteiger charge is 2.25. The molecule has 0 spiro atoms. The topological polar surface area (TPSA) is 17.1 Å². The van der Waals surface area contributed by atoms with Crippen LogP contribution in [0.5, 0.6) is 0 Å². The van der Waals surface area contributed by atoms with Crippen LogP contribution >= 0.6 is 0 Å². The Morgan fingerprint density at radius 2 is 1.92 bits per heavy atom. The lowest BCUT2D eigenvalue weighted by Crippen LogP contribution is -2.16. The monoisotopic (exact) mass is 185 g/mol. The van der Waals surface area contributed by atoms with Gasteiger partial charge in [-0.1, -0.05) is 5.57 Å². The Labute approximate surface area is 77.6 Å². The van der Waals surface area contributed by atoms with Gasteiger partial charge < -0.3 is 0 Å². The number of carbonyl (C=O) groups excluding carboxylic acids is 1. The van der Waals surface area contributed by atoms with Gasteiger partial charge in [0.15, 0.2) is 5.75 Å². The quantitative estimate of drug-likeness (QED) is 0.485. The van der Waals surface area contributed by atoms with Crippen molar-refractivity contribution in [1.29, 1.82) is 0 Å². The van der Waals surface area contributed by atoms with Crippen LogP contribution in [0.3, 0.4) is 0 Å². The van der Waals surface area contributed by atoms with Crippen molar-refractivity contribution in [3.63, 3.8) is 0 Å². The van der Waals surface area contributed by atoms with Crippen molar-refractivity contribution in [2.45, 2.75) is 26.7 Å². The number of rotatable bonds is 3. The van der Waals surface area contributed by atoms with Crippen molar-refractivity contribution >= 4 is 16.7 Å². The molecule has 1 saturated heterocycles. The van der Waals surface area contributed by atoms with Gasteiger partial charge in [-0.3, -0.25) is 4.79 Å². The summed E-state index contributed by atoms with van der Waals surface area (Å²) < 4.78 is 0. The Morgan fingerprint density at radius 1 is 1.33 bits per heavy atom. The summed E-state index contributed by atoms with van der Waals surface area (Å²) in [5.41, 5.74) is 1.13. The molecule has 1 heterocycles. The van der Waals surface area contributed by atoms with E-state index in [2.05, 4.69) is 0 Å². The van der Waals surface area contributed by atoms with Crippen LogP contribution in [0.25, 0.3) is 0 Å². The van der Waals surface area contributed by atoms with Crippen LogP contribution in [0.4, 0.5) is 0 Å². The van der Waals surface area contributed by atoms with Crippen molar-refractivity contribution in [2.75, 3.05) is 17.3 Å². The predicted molar refractivity (Wildman–Crippen MR) is 55.6 cm³/mol. The summed E-state index contributed by atoms with van der Waals surface area (Å²) in [5, 5.41) is 0. The largest absolute Gasteiger partial charge is 0.290 e. The van der Waals surface area contributed by atoms with Gasteiger partial charge >= 0.3 is 0 Å². The van der Waals surface area contributed by atoms with Crippen molar-refractivity contribution < 1.29 is 4.79 Å². The maximum Gasteiger partial charge on any atom is 0.204 e. The maximum atomic E-state index is 11.3. The molecule has 0 bridgehead atoms. The molecule has 0 radical (unpaired) electrons. The second kappa shape index (κ2) is 4.70. The maximum absolute atomic E-state index is 11.3. The minimum absolute atomic E-state index is 0.334. The summed E-state index contributed by atoms with van der Waals surface area (Å²) in [4.78, 5) is 11.3. The average Bonchev–Trinajstić information content (AvgIpc) is 2.37. The summed E-state index contributed by atoms with van der Waals surface area (Å²) in [5.74, 6) is 3.73. The average molecular weight is 185 g/mol. The number of hydrogen-bond donors (Lipinski definition) is 0. The van der Waals surface area contributed by atoms with Gasteiger partial charge in [-0.2, -0.15) is 0 Å². The van der Waals surface area contributed by atoms with Crippen LogP contribution in [0.1, 0.15) is 26.7 Å². The molecule has 1 aliphatic rings. The van der Waals surface area contributed by atoms with Gasteiger partial charge in [-0.25, -0.2) is 0 Å². The molecular weight excluding hydrogens is 168 g/mol. The summed E-state index contributed by atoms with van der Waals surface area (Å²) >= 11 is 0. The fraction of sp³-hybridized carbons (Fsp3) is 0.700. The first kappa shape index (κ1) is 9.85. The normalized spacial score (nSPS) is 17.8. The van der Waals surface area contributed by atoms with Crippen LogP contribution in [0.2, 0.25) is 0 Å². The number of ketones is 1. The van der Waals surface area contributed by atoms with Crippen LogP contribution in [0.15, 0.2) is 11.6 Å². The van der Waals surface area contributed by atoms with Crippen LogP contribution < -0.4 is 0 Å². The summed E-state index contributed by atoms with van der Waals surface area (Å²) in [6, 6.07) is 0. The Morgan fingerprint density at radius 3 is 2.42 bits per heavy atom.